The van der Waals surface area contributed by atoms with Crippen LogP contribution in [0.4, 0.5) is 4.39 Å². The Morgan fingerprint density at radius 1 is 1.50 bits per heavy atom. The molecule has 96 valence electrons. The van der Waals surface area contributed by atoms with E-state index in [9.17, 15) is 9.18 Å². The molecule has 0 N–H and O–H groups in total. The van der Waals surface area contributed by atoms with Crippen LogP contribution in [0.3, 0.4) is 0 Å². The van der Waals surface area contributed by atoms with Crippen molar-refractivity contribution >= 4 is 6.08 Å². The minimum absolute atomic E-state index is 0.0123. The summed E-state index contributed by atoms with van der Waals surface area (Å²) in [7, 11) is 1.34. The van der Waals surface area contributed by atoms with Gasteiger partial charge in [0.15, 0.2) is 23.1 Å². The Bertz CT molecular complexity index is 497. The third kappa shape index (κ3) is 2.28. The summed E-state index contributed by atoms with van der Waals surface area (Å²) in [6, 6.07) is 1.22. The minimum Gasteiger partial charge on any atom is -0.493 e. The first-order valence-electron chi connectivity index (χ1n) is 5.46. The van der Waals surface area contributed by atoms with Gasteiger partial charge in [0.25, 0.3) is 0 Å². The average Bonchev–Trinajstić information content (AvgIpc) is 2.60. The molecule has 0 radical (unpaired) electrons. The summed E-state index contributed by atoms with van der Waals surface area (Å²) in [5.41, 5.74) is 0.359. The fourth-order valence-corrected chi connectivity index (χ4v) is 1.80. The number of aliphatic imine (C=N–C) groups is 1. The first-order chi connectivity index (χ1) is 8.77. The maximum absolute atomic E-state index is 13.8. The molecule has 5 nitrogen and oxygen atoms in total. The van der Waals surface area contributed by atoms with E-state index in [2.05, 4.69) is 4.99 Å². The van der Waals surface area contributed by atoms with Crippen molar-refractivity contribution in [2.24, 2.45) is 4.99 Å². The highest BCUT2D eigenvalue weighted by molar-refractivity contribution is 5.55. The SMILES string of the molecule is COc1c(F)cc2c(c1CN=C=O)OCCCO2. The second kappa shape index (κ2) is 5.51. The standard InChI is InChI=1S/C12H12FNO4/c1-16-11-8(6-14-7-15)12-10(5-9(11)13)17-3-2-4-18-12/h5H,2-4,6H2,1H3. The molecule has 1 aromatic carbocycles. The van der Waals surface area contributed by atoms with Crippen LogP contribution >= 0.6 is 0 Å². The van der Waals surface area contributed by atoms with Crippen LogP contribution in [0.1, 0.15) is 12.0 Å². The van der Waals surface area contributed by atoms with Crippen LogP contribution in [0.25, 0.3) is 0 Å². The summed E-state index contributed by atoms with van der Waals surface area (Å²) < 4.78 is 29.7. The molecule has 0 saturated heterocycles. The van der Waals surface area contributed by atoms with Crippen LogP contribution in [-0.2, 0) is 11.3 Å². The number of hydrogen-bond acceptors (Lipinski definition) is 5. The molecule has 18 heavy (non-hydrogen) atoms. The van der Waals surface area contributed by atoms with Crippen molar-refractivity contribution in [1.82, 2.24) is 0 Å². The topological polar surface area (TPSA) is 57.1 Å². The Morgan fingerprint density at radius 2 is 2.28 bits per heavy atom. The second-order valence-corrected chi connectivity index (χ2v) is 3.66. The molecule has 0 amide bonds. The van der Waals surface area contributed by atoms with Crippen LogP contribution in [0, 0.1) is 5.82 Å². The molecule has 0 saturated carbocycles. The van der Waals surface area contributed by atoms with Gasteiger partial charge >= 0.3 is 0 Å². The smallest absolute Gasteiger partial charge is 0.235 e. The van der Waals surface area contributed by atoms with Gasteiger partial charge in [-0.3, -0.25) is 0 Å². The number of isocyanates is 1. The molecule has 0 atom stereocenters. The zero-order chi connectivity index (χ0) is 13.0. The third-order valence-electron chi connectivity index (χ3n) is 2.55. The van der Waals surface area contributed by atoms with Crippen LogP contribution in [0.5, 0.6) is 17.2 Å². The van der Waals surface area contributed by atoms with Crippen LogP contribution < -0.4 is 14.2 Å². The largest absolute Gasteiger partial charge is 0.493 e. The number of nitrogens with zero attached hydrogens (tertiary/aromatic N) is 1. The highest BCUT2D eigenvalue weighted by Gasteiger charge is 2.22. The van der Waals surface area contributed by atoms with Gasteiger partial charge in [0.2, 0.25) is 6.08 Å². The lowest BCUT2D eigenvalue weighted by Gasteiger charge is -2.15. The molecule has 0 aromatic heterocycles. The maximum atomic E-state index is 13.8. The fraction of sp³-hybridized carbons (Fsp3) is 0.417. The molecule has 0 aliphatic carbocycles. The molecule has 1 aliphatic rings. The summed E-state index contributed by atoms with van der Waals surface area (Å²) in [4.78, 5) is 13.6. The van der Waals surface area contributed by atoms with E-state index in [0.717, 1.165) is 0 Å². The summed E-state index contributed by atoms with van der Waals surface area (Å²) in [6.07, 6.45) is 2.11. The molecule has 1 aromatic rings. The number of rotatable bonds is 3. The van der Waals surface area contributed by atoms with Gasteiger partial charge in [0.1, 0.15) is 0 Å². The molecule has 1 heterocycles. The number of ether oxygens (including phenoxy) is 3. The van der Waals surface area contributed by atoms with E-state index in [0.29, 0.717) is 36.7 Å². The van der Waals surface area contributed by atoms with E-state index >= 15 is 0 Å². The number of hydrogen-bond donors (Lipinski definition) is 0. The number of fused-ring (bicyclic) bond motifs is 1. The minimum atomic E-state index is -0.571. The zero-order valence-corrected chi connectivity index (χ0v) is 9.86. The predicted octanol–water partition coefficient (Wildman–Crippen LogP) is 1.83. The summed E-state index contributed by atoms with van der Waals surface area (Å²) >= 11 is 0. The van der Waals surface area contributed by atoms with Gasteiger partial charge in [-0.25, -0.2) is 14.2 Å². The van der Waals surface area contributed by atoms with E-state index in [1.54, 1.807) is 0 Å². The van der Waals surface area contributed by atoms with Crippen LogP contribution in [0.15, 0.2) is 11.1 Å². The van der Waals surface area contributed by atoms with Gasteiger partial charge in [0.05, 0.1) is 32.4 Å². The van der Waals surface area contributed by atoms with Gasteiger partial charge in [-0.05, 0) is 0 Å². The van der Waals surface area contributed by atoms with E-state index in [1.807, 2.05) is 0 Å². The van der Waals surface area contributed by atoms with Gasteiger partial charge in [-0.2, -0.15) is 0 Å². The van der Waals surface area contributed by atoms with Crippen LogP contribution in [-0.4, -0.2) is 26.4 Å². The Kier molecular flexibility index (Phi) is 3.79. The predicted molar refractivity (Wildman–Crippen MR) is 60.4 cm³/mol. The van der Waals surface area contributed by atoms with Crippen molar-refractivity contribution in [1.29, 1.82) is 0 Å². The molecular formula is C12H12FNO4. The first kappa shape index (κ1) is 12.4. The molecule has 1 aliphatic heterocycles. The van der Waals surface area contributed by atoms with E-state index in [4.69, 9.17) is 14.2 Å². The Hall–Kier alpha value is -2.07. The van der Waals surface area contributed by atoms with Gasteiger partial charge in [0, 0.05) is 12.5 Å². The van der Waals surface area contributed by atoms with E-state index < -0.39 is 5.82 Å². The lowest BCUT2D eigenvalue weighted by Crippen LogP contribution is -2.02. The number of halogens is 1. The van der Waals surface area contributed by atoms with Crippen molar-refractivity contribution in [3.63, 3.8) is 0 Å². The zero-order valence-electron chi connectivity index (χ0n) is 9.86. The van der Waals surface area contributed by atoms with Crippen molar-refractivity contribution in [2.45, 2.75) is 13.0 Å². The van der Waals surface area contributed by atoms with Crippen molar-refractivity contribution < 1.29 is 23.4 Å². The molecule has 0 unspecified atom stereocenters. The Balaban J connectivity index is 2.56. The van der Waals surface area contributed by atoms with Crippen molar-refractivity contribution in [2.75, 3.05) is 20.3 Å². The second-order valence-electron chi connectivity index (χ2n) is 3.66. The van der Waals surface area contributed by atoms with E-state index in [-0.39, 0.29) is 12.3 Å². The molecule has 2 rings (SSSR count). The molecule has 0 bridgehead atoms. The summed E-state index contributed by atoms with van der Waals surface area (Å²) in [5, 5.41) is 0. The van der Waals surface area contributed by atoms with Gasteiger partial charge in [-0.15, -0.1) is 0 Å². The monoisotopic (exact) mass is 253 g/mol. The third-order valence-corrected chi connectivity index (χ3v) is 2.55. The number of methoxy groups -OCH3 is 1. The molecule has 0 spiro atoms. The van der Waals surface area contributed by atoms with E-state index in [1.165, 1.54) is 19.3 Å². The number of carbonyl (C=O) groups excluding carboxylic acids is 1. The highest BCUT2D eigenvalue weighted by Crippen LogP contribution is 2.41. The number of benzene rings is 1. The molecular weight excluding hydrogens is 241 g/mol. The van der Waals surface area contributed by atoms with Gasteiger partial charge in [-0.1, -0.05) is 0 Å². The maximum Gasteiger partial charge on any atom is 0.235 e. The fourth-order valence-electron chi connectivity index (χ4n) is 1.80. The normalized spacial score (nSPS) is 13.4. The van der Waals surface area contributed by atoms with Gasteiger partial charge < -0.3 is 14.2 Å². The lowest BCUT2D eigenvalue weighted by atomic mass is 10.1. The van der Waals surface area contributed by atoms with Crippen LogP contribution in [0.2, 0.25) is 0 Å². The highest BCUT2D eigenvalue weighted by atomic mass is 19.1. The lowest BCUT2D eigenvalue weighted by molar-refractivity contribution is 0.295. The Morgan fingerprint density at radius 3 is 3.00 bits per heavy atom. The average molecular weight is 253 g/mol. The van der Waals surface area contributed by atoms with Crippen molar-refractivity contribution in [3.8, 4) is 17.2 Å². The quantitative estimate of drug-likeness (QED) is 0.609. The molecule has 6 heteroatoms. The first-order valence-corrected chi connectivity index (χ1v) is 5.46. The summed E-state index contributed by atoms with van der Waals surface area (Å²) in [5.74, 6) is 0.128. The summed E-state index contributed by atoms with van der Waals surface area (Å²) in [6.45, 7) is 0.852. The molecule has 0 fully saturated rings. The Labute approximate surface area is 103 Å². The van der Waals surface area contributed by atoms with Crippen molar-refractivity contribution in [3.05, 3.63) is 17.4 Å².